The highest BCUT2D eigenvalue weighted by atomic mass is 35.5. The molecule has 6 heteroatoms. The Kier molecular flexibility index (Phi) is 3.76. The molecule has 0 radical (unpaired) electrons. The smallest absolute Gasteiger partial charge is 0.205 e. The van der Waals surface area contributed by atoms with Crippen LogP contribution in [-0.4, -0.2) is 4.98 Å². The monoisotopic (exact) mass is 367 g/mol. The summed E-state index contributed by atoms with van der Waals surface area (Å²) in [5.74, 6) is 0.166. The molecule has 4 nitrogen and oxygen atoms in total. The highest BCUT2D eigenvalue weighted by molar-refractivity contribution is 6.35. The van der Waals surface area contributed by atoms with Gasteiger partial charge in [-0.25, -0.2) is 0 Å². The molecule has 1 aliphatic heterocycles. The van der Waals surface area contributed by atoms with Crippen LogP contribution in [0.2, 0.25) is 10.0 Å². The number of allylic oxidation sites excluding steroid dienone is 1. The van der Waals surface area contributed by atoms with Gasteiger partial charge in [-0.1, -0.05) is 47.5 Å². The van der Waals surface area contributed by atoms with Gasteiger partial charge in [0.25, 0.3) is 0 Å². The Balaban J connectivity index is 2.03. The van der Waals surface area contributed by atoms with Crippen molar-refractivity contribution in [2.75, 3.05) is 0 Å². The first-order chi connectivity index (χ1) is 12.1. The van der Waals surface area contributed by atoms with E-state index in [9.17, 15) is 5.26 Å². The second kappa shape index (κ2) is 5.96. The zero-order valence-electron chi connectivity index (χ0n) is 12.8. The number of fused-ring (bicyclic) bond motifs is 3. The van der Waals surface area contributed by atoms with Crippen molar-refractivity contribution in [3.05, 3.63) is 81.3 Å². The van der Waals surface area contributed by atoms with Crippen LogP contribution in [0.25, 0.3) is 10.9 Å². The maximum absolute atomic E-state index is 9.62. The van der Waals surface area contributed by atoms with Gasteiger partial charge < -0.3 is 10.5 Å². The summed E-state index contributed by atoms with van der Waals surface area (Å²) in [5, 5.41) is 11.5. The molecule has 25 heavy (non-hydrogen) atoms. The Hall–Kier alpha value is -2.74. The number of pyridine rings is 1. The maximum Gasteiger partial charge on any atom is 0.205 e. The van der Waals surface area contributed by atoms with Gasteiger partial charge in [-0.05, 0) is 23.8 Å². The van der Waals surface area contributed by atoms with Gasteiger partial charge >= 0.3 is 0 Å². The van der Waals surface area contributed by atoms with Crippen LogP contribution in [-0.2, 0) is 0 Å². The summed E-state index contributed by atoms with van der Waals surface area (Å²) in [5.41, 5.74) is 8.58. The third-order valence-corrected chi connectivity index (χ3v) is 4.79. The summed E-state index contributed by atoms with van der Waals surface area (Å²) in [6.45, 7) is 0. The zero-order valence-corrected chi connectivity index (χ0v) is 14.3. The Morgan fingerprint density at radius 1 is 1.12 bits per heavy atom. The SMILES string of the molecule is N#CC1=C(N)Oc2c(ccc3cccnc23)C1c1ccc(Cl)cc1Cl. The lowest BCUT2D eigenvalue weighted by Gasteiger charge is -2.27. The number of hydrogen-bond acceptors (Lipinski definition) is 4. The fraction of sp³-hybridized carbons (Fsp3) is 0.0526. The standard InChI is InChI=1S/C19H11Cl2N3O/c20-11-4-6-12(15(21)8-11)16-13-5-3-10-2-1-7-24-17(10)18(13)25-19(23)14(16)9-22/h1-8,16H,23H2. The van der Waals surface area contributed by atoms with Crippen LogP contribution in [0.15, 0.2) is 60.1 Å². The molecule has 0 spiro atoms. The van der Waals surface area contributed by atoms with Crippen molar-refractivity contribution in [3.8, 4) is 11.8 Å². The fourth-order valence-electron chi connectivity index (χ4n) is 3.11. The lowest BCUT2D eigenvalue weighted by molar-refractivity contribution is 0.397. The summed E-state index contributed by atoms with van der Waals surface area (Å²) in [6.07, 6.45) is 1.69. The van der Waals surface area contributed by atoms with Crippen LogP contribution >= 0.6 is 23.2 Å². The van der Waals surface area contributed by atoms with E-state index in [0.29, 0.717) is 26.9 Å². The van der Waals surface area contributed by atoms with Crippen LogP contribution < -0.4 is 10.5 Å². The molecule has 0 aliphatic carbocycles. The Morgan fingerprint density at radius 2 is 1.92 bits per heavy atom. The van der Waals surface area contributed by atoms with E-state index in [2.05, 4.69) is 11.1 Å². The van der Waals surface area contributed by atoms with Crippen molar-refractivity contribution in [1.82, 2.24) is 4.98 Å². The summed E-state index contributed by atoms with van der Waals surface area (Å²) in [6, 6.07) is 15.0. The van der Waals surface area contributed by atoms with E-state index in [1.54, 1.807) is 24.4 Å². The highest BCUT2D eigenvalue weighted by Gasteiger charge is 2.33. The number of nitrogens with zero attached hydrogens (tertiary/aromatic N) is 2. The molecule has 4 rings (SSSR count). The number of ether oxygens (including phenoxy) is 1. The highest BCUT2D eigenvalue weighted by Crippen LogP contribution is 2.46. The second-order valence-electron chi connectivity index (χ2n) is 5.65. The van der Waals surface area contributed by atoms with Crippen molar-refractivity contribution in [3.63, 3.8) is 0 Å². The minimum atomic E-state index is -0.440. The van der Waals surface area contributed by atoms with Crippen LogP contribution in [0, 0.1) is 11.3 Å². The fourth-order valence-corrected chi connectivity index (χ4v) is 3.63. The number of nitriles is 1. The number of halogens is 2. The normalized spacial score (nSPS) is 16.3. The first kappa shape index (κ1) is 15.8. The molecule has 1 atom stereocenters. The summed E-state index contributed by atoms with van der Waals surface area (Å²) in [4.78, 5) is 4.40. The summed E-state index contributed by atoms with van der Waals surface area (Å²) >= 11 is 12.4. The molecule has 1 aromatic heterocycles. The number of benzene rings is 2. The van der Waals surface area contributed by atoms with E-state index in [4.69, 9.17) is 33.7 Å². The molecule has 0 saturated heterocycles. The van der Waals surface area contributed by atoms with Gasteiger partial charge in [0.2, 0.25) is 5.88 Å². The average Bonchev–Trinajstić information content (AvgIpc) is 2.61. The van der Waals surface area contributed by atoms with Gasteiger partial charge in [-0.2, -0.15) is 5.26 Å². The molecule has 0 bridgehead atoms. The topological polar surface area (TPSA) is 71.9 Å². The number of rotatable bonds is 1. The summed E-state index contributed by atoms with van der Waals surface area (Å²) < 4.78 is 5.77. The minimum Gasteiger partial charge on any atom is -0.438 e. The summed E-state index contributed by atoms with van der Waals surface area (Å²) in [7, 11) is 0. The number of nitrogens with two attached hydrogens (primary N) is 1. The molecule has 122 valence electrons. The van der Waals surface area contributed by atoms with E-state index < -0.39 is 5.92 Å². The molecule has 2 N–H and O–H groups in total. The van der Waals surface area contributed by atoms with E-state index in [1.807, 2.05) is 24.3 Å². The Labute approximate surface area is 154 Å². The predicted octanol–water partition coefficient (Wildman–Crippen LogP) is 4.76. The van der Waals surface area contributed by atoms with Crippen LogP contribution in [0.4, 0.5) is 0 Å². The second-order valence-corrected chi connectivity index (χ2v) is 6.49. The third kappa shape index (κ3) is 2.49. The van der Waals surface area contributed by atoms with E-state index >= 15 is 0 Å². The number of hydrogen-bond donors (Lipinski definition) is 1. The van der Waals surface area contributed by atoms with Gasteiger partial charge in [0.05, 0.1) is 5.92 Å². The van der Waals surface area contributed by atoms with Crippen LogP contribution in [0.5, 0.6) is 5.75 Å². The van der Waals surface area contributed by atoms with Gasteiger partial charge in [0, 0.05) is 27.2 Å². The van der Waals surface area contributed by atoms with Crippen molar-refractivity contribution in [1.29, 1.82) is 5.26 Å². The Bertz CT molecular complexity index is 1090. The average molecular weight is 368 g/mol. The maximum atomic E-state index is 9.62. The molecule has 2 heterocycles. The largest absolute Gasteiger partial charge is 0.438 e. The quantitative estimate of drug-likeness (QED) is 0.672. The third-order valence-electron chi connectivity index (χ3n) is 4.23. The van der Waals surface area contributed by atoms with Crippen molar-refractivity contribution >= 4 is 34.1 Å². The zero-order chi connectivity index (χ0) is 17.6. The molecule has 0 fully saturated rings. The van der Waals surface area contributed by atoms with Gasteiger partial charge in [-0.3, -0.25) is 4.98 Å². The number of aromatic nitrogens is 1. The van der Waals surface area contributed by atoms with Crippen LogP contribution in [0.3, 0.4) is 0 Å². The molecule has 3 aromatic rings. The lowest BCUT2D eigenvalue weighted by Crippen LogP contribution is -2.21. The molecule has 1 unspecified atom stereocenters. The van der Waals surface area contributed by atoms with E-state index in [1.165, 1.54) is 0 Å². The Morgan fingerprint density at radius 3 is 2.68 bits per heavy atom. The molecule has 2 aromatic carbocycles. The van der Waals surface area contributed by atoms with Crippen molar-refractivity contribution in [2.45, 2.75) is 5.92 Å². The van der Waals surface area contributed by atoms with Crippen molar-refractivity contribution < 1.29 is 4.74 Å². The molecule has 1 aliphatic rings. The van der Waals surface area contributed by atoms with Gasteiger partial charge in [-0.15, -0.1) is 0 Å². The van der Waals surface area contributed by atoms with E-state index in [0.717, 1.165) is 16.5 Å². The van der Waals surface area contributed by atoms with Crippen LogP contribution in [0.1, 0.15) is 17.0 Å². The first-order valence-electron chi connectivity index (χ1n) is 7.50. The first-order valence-corrected chi connectivity index (χ1v) is 8.26. The van der Waals surface area contributed by atoms with Gasteiger partial charge in [0.15, 0.2) is 5.75 Å². The molecule has 0 amide bonds. The molecule has 0 saturated carbocycles. The minimum absolute atomic E-state index is 0.0594. The lowest BCUT2D eigenvalue weighted by atomic mass is 9.83. The molecular formula is C19H11Cl2N3O. The molecular weight excluding hydrogens is 357 g/mol. The van der Waals surface area contributed by atoms with E-state index in [-0.39, 0.29) is 5.88 Å². The predicted molar refractivity (Wildman–Crippen MR) is 97.5 cm³/mol. The van der Waals surface area contributed by atoms with Crippen molar-refractivity contribution in [2.24, 2.45) is 5.73 Å². The van der Waals surface area contributed by atoms with Gasteiger partial charge in [0.1, 0.15) is 17.2 Å².